The number of halogens is 1. The first kappa shape index (κ1) is 17.7. The maximum atomic E-state index is 13.1. The Kier molecular flexibility index (Phi) is 5.21. The van der Waals surface area contributed by atoms with Crippen LogP contribution in [0.25, 0.3) is 0 Å². The highest BCUT2D eigenvalue weighted by atomic mass is 32.2. The van der Waals surface area contributed by atoms with Crippen LogP contribution in [0, 0.1) is 5.82 Å². The molecule has 0 unspecified atom stereocenters. The fraction of sp³-hybridized carbons (Fsp3) is 0.182. The number of aromatic nitrogens is 1. The van der Waals surface area contributed by atoms with Crippen molar-refractivity contribution in [2.75, 3.05) is 0 Å². The molecule has 0 atom stereocenters. The fourth-order valence-electron chi connectivity index (χ4n) is 2.90. The minimum absolute atomic E-state index is 0.0243. The first-order valence-corrected chi connectivity index (χ1v) is 9.75. The van der Waals surface area contributed by atoms with Crippen LogP contribution in [-0.2, 0) is 6.54 Å². The smallest absolute Gasteiger partial charge is 0.254 e. The van der Waals surface area contributed by atoms with E-state index in [1.807, 2.05) is 47.4 Å². The van der Waals surface area contributed by atoms with Gasteiger partial charge in [0.05, 0.1) is 0 Å². The lowest BCUT2D eigenvalue weighted by atomic mass is 10.1. The van der Waals surface area contributed by atoms with E-state index < -0.39 is 0 Å². The van der Waals surface area contributed by atoms with Crippen LogP contribution in [0.15, 0.2) is 82.8 Å². The van der Waals surface area contributed by atoms with Crippen LogP contribution in [0.1, 0.15) is 28.8 Å². The van der Waals surface area contributed by atoms with Gasteiger partial charge in [0.25, 0.3) is 5.91 Å². The Balaban J connectivity index is 1.47. The molecule has 3 aromatic rings. The third kappa shape index (κ3) is 4.55. The summed E-state index contributed by atoms with van der Waals surface area (Å²) in [6, 6.07) is 20.1. The quantitative estimate of drug-likeness (QED) is 0.593. The molecule has 1 aliphatic rings. The van der Waals surface area contributed by atoms with Crippen molar-refractivity contribution in [3.05, 3.63) is 89.9 Å². The summed E-state index contributed by atoms with van der Waals surface area (Å²) in [7, 11) is 0. The van der Waals surface area contributed by atoms with E-state index in [0.717, 1.165) is 28.3 Å². The number of pyridine rings is 1. The number of amides is 1. The maximum Gasteiger partial charge on any atom is 0.254 e. The lowest BCUT2D eigenvalue weighted by molar-refractivity contribution is 0.0730. The third-order valence-electron chi connectivity index (χ3n) is 4.48. The molecule has 1 fully saturated rings. The molecule has 5 heteroatoms. The van der Waals surface area contributed by atoms with Crippen molar-refractivity contribution in [3.63, 3.8) is 0 Å². The first-order chi connectivity index (χ1) is 13.2. The molecule has 4 rings (SSSR count). The van der Waals surface area contributed by atoms with Crippen molar-refractivity contribution < 1.29 is 9.18 Å². The molecule has 0 bridgehead atoms. The molecule has 1 aliphatic carbocycles. The van der Waals surface area contributed by atoms with Crippen LogP contribution in [-0.4, -0.2) is 21.8 Å². The van der Waals surface area contributed by atoms with Crippen LogP contribution < -0.4 is 0 Å². The normalized spacial score (nSPS) is 13.4. The van der Waals surface area contributed by atoms with Gasteiger partial charge in [0.1, 0.15) is 10.8 Å². The lowest BCUT2D eigenvalue weighted by Crippen LogP contribution is -2.32. The van der Waals surface area contributed by atoms with Gasteiger partial charge < -0.3 is 4.90 Å². The molecule has 1 saturated carbocycles. The summed E-state index contributed by atoms with van der Waals surface area (Å²) in [5.41, 5.74) is 1.62. The first-order valence-electron chi connectivity index (χ1n) is 8.93. The van der Waals surface area contributed by atoms with Gasteiger partial charge in [-0.25, -0.2) is 9.37 Å². The van der Waals surface area contributed by atoms with Gasteiger partial charge in [0.2, 0.25) is 0 Å². The Labute approximate surface area is 162 Å². The summed E-state index contributed by atoms with van der Waals surface area (Å²) in [6.45, 7) is 0.508. The zero-order chi connectivity index (χ0) is 18.6. The highest BCUT2D eigenvalue weighted by Crippen LogP contribution is 2.31. The van der Waals surface area contributed by atoms with Crippen LogP contribution >= 0.6 is 11.8 Å². The summed E-state index contributed by atoms with van der Waals surface area (Å²) in [6.07, 6.45) is 3.82. The van der Waals surface area contributed by atoms with Crippen molar-refractivity contribution >= 4 is 17.7 Å². The van der Waals surface area contributed by atoms with Crippen molar-refractivity contribution in [2.24, 2.45) is 0 Å². The molecule has 0 N–H and O–H groups in total. The number of carbonyl (C=O) groups is 1. The number of hydrogen-bond acceptors (Lipinski definition) is 3. The van der Waals surface area contributed by atoms with E-state index in [-0.39, 0.29) is 17.8 Å². The Morgan fingerprint density at radius 3 is 2.41 bits per heavy atom. The Bertz CT molecular complexity index is 909. The monoisotopic (exact) mass is 378 g/mol. The SMILES string of the molecule is O=C(c1ccc(Sc2ccccn2)cc1)N(Cc1ccc(F)cc1)C1CC1. The topological polar surface area (TPSA) is 33.2 Å². The minimum Gasteiger partial charge on any atom is -0.331 e. The van der Waals surface area contributed by atoms with E-state index >= 15 is 0 Å². The molecule has 0 radical (unpaired) electrons. The predicted octanol–water partition coefficient (Wildman–Crippen LogP) is 5.18. The molecule has 3 nitrogen and oxygen atoms in total. The predicted molar refractivity (Wildman–Crippen MR) is 104 cm³/mol. The van der Waals surface area contributed by atoms with Gasteiger partial charge >= 0.3 is 0 Å². The van der Waals surface area contributed by atoms with Crippen molar-refractivity contribution in [3.8, 4) is 0 Å². The van der Waals surface area contributed by atoms with Gasteiger partial charge in [-0.3, -0.25) is 4.79 Å². The number of benzene rings is 2. The van der Waals surface area contributed by atoms with Crippen LogP contribution in [0.3, 0.4) is 0 Å². The molecule has 2 aromatic carbocycles. The molecule has 27 heavy (non-hydrogen) atoms. The van der Waals surface area contributed by atoms with Crippen molar-refractivity contribution in [2.45, 2.75) is 35.3 Å². The highest BCUT2D eigenvalue weighted by molar-refractivity contribution is 7.99. The van der Waals surface area contributed by atoms with E-state index in [1.165, 1.54) is 12.1 Å². The molecule has 0 spiro atoms. The minimum atomic E-state index is -0.260. The summed E-state index contributed by atoms with van der Waals surface area (Å²) < 4.78 is 13.1. The number of nitrogens with zero attached hydrogens (tertiary/aromatic N) is 2. The summed E-state index contributed by atoms with van der Waals surface area (Å²) >= 11 is 1.57. The van der Waals surface area contributed by atoms with Crippen molar-refractivity contribution in [1.82, 2.24) is 9.88 Å². The van der Waals surface area contributed by atoms with E-state index in [4.69, 9.17) is 0 Å². The largest absolute Gasteiger partial charge is 0.331 e. The third-order valence-corrected chi connectivity index (χ3v) is 5.43. The molecule has 1 heterocycles. The standard InChI is InChI=1S/C22H19FN2OS/c23-18-8-4-16(5-9-18)15-25(19-10-11-19)22(26)17-6-12-20(13-7-17)27-21-3-1-2-14-24-21/h1-9,12-14,19H,10-11,15H2. The van der Waals surface area contributed by atoms with Gasteiger partial charge in [-0.2, -0.15) is 0 Å². The Morgan fingerprint density at radius 2 is 1.78 bits per heavy atom. The van der Waals surface area contributed by atoms with Gasteiger partial charge in [0, 0.05) is 29.2 Å². The molecule has 0 saturated heterocycles. The lowest BCUT2D eigenvalue weighted by Gasteiger charge is -2.23. The van der Waals surface area contributed by atoms with Crippen molar-refractivity contribution in [1.29, 1.82) is 0 Å². The summed E-state index contributed by atoms with van der Waals surface area (Å²) in [5, 5.41) is 0.924. The van der Waals surface area contributed by atoms with Crippen LogP contribution in [0.2, 0.25) is 0 Å². The molecule has 136 valence electrons. The van der Waals surface area contributed by atoms with Crippen LogP contribution in [0.4, 0.5) is 4.39 Å². The molecular formula is C22H19FN2OS. The van der Waals surface area contributed by atoms with E-state index in [1.54, 1.807) is 30.1 Å². The summed E-state index contributed by atoms with van der Waals surface area (Å²) in [4.78, 5) is 20.2. The summed E-state index contributed by atoms with van der Waals surface area (Å²) in [5.74, 6) is -0.236. The number of carbonyl (C=O) groups excluding carboxylic acids is 1. The van der Waals surface area contributed by atoms with Gasteiger partial charge in [-0.05, 0) is 66.9 Å². The molecule has 1 aromatic heterocycles. The van der Waals surface area contributed by atoms with Gasteiger partial charge in [-0.1, -0.05) is 30.0 Å². The second-order valence-corrected chi connectivity index (χ2v) is 7.68. The molecule has 1 amide bonds. The average molecular weight is 378 g/mol. The zero-order valence-electron chi connectivity index (χ0n) is 14.7. The van der Waals surface area contributed by atoms with E-state index in [2.05, 4.69) is 4.98 Å². The Hall–Kier alpha value is -2.66. The second-order valence-electron chi connectivity index (χ2n) is 6.59. The van der Waals surface area contributed by atoms with E-state index in [9.17, 15) is 9.18 Å². The van der Waals surface area contributed by atoms with Crippen LogP contribution in [0.5, 0.6) is 0 Å². The molecular weight excluding hydrogens is 359 g/mol. The highest BCUT2D eigenvalue weighted by Gasteiger charge is 2.33. The number of hydrogen-bond donors (Lipinski definition) is 0. The van der Waals surface area contributed by atoms with Gasteiger partial charge in [0.15, 0.2) is 0 Å². The van der Waals surface area contributed by atoms with Gasteiger partial charge in [-0.15, -0.1) is 0 Å². The average Bonchev–Trinajstić information content (AvgIpc) is 3.54. The fourth-order valence-corrected chi connectivity index (χ4v) is 3.67. The zero-order valence-corrected chi connectivity index (χ0v) is 15.5. The van der Waals surface area contributed by atoms with E-state index in [0.29, 0.717) is 12.1 Å². The molecule has 0 aliphatic heterocycles. The Morgan fingerprint density at radius 1 is 1.04 bits per heavy atom. The second kappa shape index (κ2) is 7.92. The maximum absolute atomic E-state index is 13.1. The number of rotatable bonds is 6.